The lowest BCUT2D eigenvalue weighted by Gasteiger charge is -2.56. The highest BCUT2D eigenvalue weighted by Crippen LogP contribution is 2.53. The smallest absolute Gasteiger partial charge is 0.228 e. The molecule has 3 aliphatic rings. The van der Waals surface area contributed by atoms with E-state index in [4.69, 9.17) is 9.15 Å². The third-order valence-electron chi connectivity index (χ3n) is 10.8. The molecule has 3 amide bonds. The summed E-state index contributed by atoms with van der Waals surface area (Å²) < 4.78 is 10.8. The number of hydrogen-bond acceptors (Lipinski definition) is 5. The van der Waals surface area contributed by atoms with E-state index in [1.54, 1.807) is 13.4 Å². The monoisotopic (exact) mass is 650 g/mol. The Kier molecular flexibility index (Phi) is 9.39. The molecule has 0 unspecified atom stereocenters. The Morgan fingerprint density at radius 2 is 1.88 bits per heavy atom. The summed E-state index contributed by atoms with van der Waals surface area (Å²) in [6.45, 7) is 3.02. The molecule has 2 saturated heterocycles. The van der Waals surface area contributed by atoms with Crippen molar-refractivity contribution in [1.82, 2.24) is 20.1 Å². The summed E-state index contributed by atoms with van der Waals surface area (Å²) in [4.78, 5) is 50.5. The predicted octanol–water partition coefficient (Wildman–Crippen LogP) is 5.83. The van der Waals surface area contributed by atoms with E-state index in [1.165, 1.54) is 11.1 Å². The van der Waals surface area contributed by atoms with Gasteiger partial charge >= 0.3 is 0 Å². The summed E-state index contributed by atoms with van der Waals surface area (Å²) in [5, 5.41) is 4.09. The Balaban J connectivity index is 1.32. The molecular weight excluding hydrogens is 604 g/mol. The summed E-state index contributed by atoms with van der Waals surface area (Å²) in [6, 6.07) is 20.5. The highest BCUT2D eigenvalue weighted by atomic mass is 16.5. The van der Waals surface area contributed by atoms with Crippen molar-refractivity contribution in [2.24, 2.45) is 11.8 Å². The lowest BCUT2D eigenvalue weighted by Crippen LogP contribution is -2.66. The average Bonchev–Trinajstić information content (AvgIpc) is 3.80. The number of H-pyrrole nitrogens is 1. The van der Waals surface area contributed by atoms with Gasteiger partial charge in [0, 0.05) is 74.4 Å². The van der Waals surface area contributed by atoms with Gasteiger partial charge in [-0.1, -0.05) is 42.5 Å². The number of aromatic amines is 1. The molecule has 0 spiro atoms. The zero-order valence-electron chi connectivity index (χ0n) is 27.8. The van der Waals surface area contributed by atoms with Crippen molar-refractivity contribution >= 4 is 28.6 Å². The first-order valence-electron chi connectivity index (χ1n) is 17.6. The van der Waals surface area contributed by atoms with Gasteiger partial charge in [-0.05, 0) is 80.7 Å². The number of benzene rings is 2. The minimum absolute atomic E-state index is 0.0293. The van der Waals surface area contributed by atoms with Gasteiger partial charge in [0.05, 0.1) is 17.7 Å². The Hall–Kier alpha value is -4.37. The Bertz CT molecular complexity index is 1740. The van der Waals surface area contributed by atoms with E-state index in [0.717, 1.165) is 60.3 Å². The SMILES string of the molecule is COCCCNC(=O)C[C@H]1C[C@H](C(=O)N2CCCCC2)[C@@]2(CCc3ccccc3)c3[nH]c4cc(-c5ccco5)ccc4c3CCN2C1=O. The molecule has 0 bridgehead atoms. The maximum absolute atomic E-state index is 14.9. The van der Waals surface area contributed by atoms with Crippen LogP contribution in [0.15, 0.2) is 71.3 Å². The third kappa shape index (κ3) is 6.04. The van der Waals surface area contributed by atoms with E-state index in [1.807, 2.05) is 40.1 Å². The van der Waals surface area contributed by atoms with Crippen molar-refractivity contribution in [1.29, 1.82) is 0 Å². The minimum atomic E-state index is -0.871. The number of piperidine rings is 2. The number of rotatable bonds is 11. The summed E-state index contributed by atoms with van der Waals surface area (Å²) >= 11 is 0. The first kappa shape index (κ1) is 32.2. The van der Waals surface area contributed by atoms with Crippen LogP contribution >= 0.6 is 0 Å². The normalized spacial score (nSPS) is 22.4. The van der Waals surface area contributed by atoms with Crippen molar-refractivity contribution in [3.8, 4) is 11.3 Å². The molecule has 2 fully saturated rings. The van der Waals surface area contributed by atoms with Gasteiger partial charge in [-0.2, -0.15) is 0 Å². The van der Waals surface area contributed by atoms with Crippen molar-refractivity contribution in [2.45, 2.75) is 63.3 Å². The van der Waals surface area contributed by atoms with Gasteiger partial charge in [0.2, 0.25) is 17.7 Å². The number of nitrogens with zero attached hydrogens (tertiary/aromatic N) is 2. The molecule has 0 aliphatic carbocycles. The van der Waals surface area contributed by atoms with E-state index >= 15 is 0 Å². The maximum atomic E-state index is 14.9. The highest BCUT2D eigenvalue weighted by molar-refractivity contribution is 5.94. The van der Waals surface area contributed by atoms with Crippen LogP contribution in [0.25, 0.3) is 22.2 Å². The van der Waals surface area contributed by atoms with E-state index in [0.29, 0.717) is 51.8 Å². The fraction of sp³-hybridized carbons (Fsp3) is 0.462. The molecule has 2 aromatic carbocycles. The van der Waals surface area contributed by atoms with Gasteiger partial charge in [-0.15, -0.1) is 0 Å². The fourth-order valence-electron chi connectivity index (χ4n) is 8.47. The summed E-state index contributed by atoms with van der Waals surface area (Å²) in [7, 11) is 1.64. The van der Waals surface area contributed by atoms with E-state index in [9.17, 15) is 14.4 Å². The summed E-state index contributed by atoms with van der Waals surface area (Å²) in [5.74, 6) is -0.335. The van der Waals surface area contributed by atoms with Gasteiger partial charge in [-0.3, -0.25) is 14.4 Å². The first-order chi connectivity index (χ1) is 23.5. The fourth-order valence-corrected chi connectivity index (χ4v) is 8.47. The molecule has 3 atom stereocenters. The van der Waals surface area contributed by atoms with Crippen LogP contribution in [0.4, 0.5) is 0 Å². The molecule has 9 heteroatoms. The molecule has 4 aromatic rings. The quantitative estimate of drug-likeness (QED) is 0.199. The number of aromatic nitrogens is 1. The molecular formula is C39H46N4O5. The maximum Gasteiger partial charge on any atom is 0.228 e. The van der Waals surface area contributed by atoms with Gasteiger partial charge in [0.1, 0.15) is 5.76 Å². The van der Waals surface area contributed by atoms with E-state index in [-0.39, 0.29) is 24.1 Å². The second kappa shape index (κ2) is 14.0. The number of nitrogens with one attached hydrogen (secondary N) is 2. The lowest BCUT2D eigenvalue weighted by molar-refractivity contribution is -0.167. The molecule has 252 valence electrons. The molecule has 7 rings (SSSR count). The number of hydrogen-bond donors (Lipinski definition) is 2. The number of methoxy groups -OCH3 is 1. The van der Waals surface area contributed by atoms with Gasteiger partial charge in [-0.25, -0.2) is 0 Å². The van der Waals surface area contributed by atoms with Gasteiger partial charge in [0.15, 0.2) is 0 Å². The van der Waals surface area contributed by atoms with Crippen LogP contribution < -0.4 is 5.32 Å². The van der Waals surface area contributed by atoms with Crippen molar-refractivity contribution in [3.05, 3.63) is 83.7 Å². The van der Waals surface area contributed by atoms with E-state index in [2.05, 4.69) is 40.6 Å². The second-order valence-electron chi connectivity index (χ2n) is 13.6. The van der Waals surface area contributed by atoms with Crippen LogP contribution in [0.3, 0.4) is 0 Å². The van der Waals surface area contributed by atoms with Crippen molar-refractivity contribution in [3.63, 3.8) is 0 Å². The van der Waals surface area contributed by atoms with Crippen molar-refractivity contribution in [2.75, 3.05) is 39.9 Å². The van der Waals surface area contributed by atoms with Crippen LogP contribution in [0.5, 0.6) is 0 Å². The third-order valence-corrected chi connectivity index (χ3v) is 10.8. The van der Waals surface area contributed by atoms with Gasteiger partial charge < -0.3 is 29.3 Å². The lowest BCUT2D eigenvalue weighted by atomic mass is 9.64. The van der Waals surface area contributed by atoms with Crippen LogP contribution in [0, 0.1) is 11.8 Å². The number of furan rings is 1. The number of likely N-dealkylation sites (tertiary alicyclic amines) is 1. The van der Waals surface area contributed by atoms with Crippen molar-refractivity contribution < 1.29 is 23.5 Å². The first-order valence-corrected chi connectivity index (χ1v) is 17.6. The largest absolute Gasteiger partial charge is 0.464 e. The molecule has 2 N–H and O–H groups in total. The Morgan fingerprint density at radius 3 is 2.65 bits per heavy atom. The van der Waals surface area contributed by atoms with Crippen LogP contribution in [0.1, 0.15) is 61.8 Å². The van der Waals surface area contributed by atoms with Crippen LogP contribution in [-0.4, -0.2) is 72.4 Å². The number of aryl methyl sites for hydroxylation is 1. The number of ether oxygens (including phenoxy) is 1. The van der Waals surface area contributed by atoms with E-state index < -0.39 is 17.4 Å². The zero-order valence-corrected chi connectivity index (χ0v) is 27.8. The molecule has 3 aliphatic heterocycles. The van der Waals surface area contributed by atoms with Crippen LogP contribution in [0.2, 0.25) is 0 Å². The number of carbonyl (C=O) groups excluding carboxylic acids is 3. The Labute approximate surface area is 282 Å². The summed E-state index contributed by atoms with van der Waals surface area (Å²) in [6.07, 6.45) is 7.89. The molecule has 0 saturated carbocycles. The molecule has 0 radical (unpaired) electrons. The minimum Gasteiger partial charge on any atom is -0.464 e. The molecule has 9 nitrogen and oxygen atoms in total. The highest BCUT2D eigenvalue weighted by Gasteiger charge is 2.59. The van der Waals surface area contributed by atoms with Crippen LogP contribution in [-0.2, 0) is 37.5 Å². The topological polar surface area (TPSA) is 108 Å². The molecule has 5 heterocycles. The number of carbonyl (C=O) groups is 3. The molecule has 2 aromatic heterocycles. The average molecular weight is 651 g/mol. The number of amides is 3. The summed E-state index contributed by atoms with van der Waals surface area (Å²) in [5.41, 5.74) is 4.40. The predicted molar refractivity (Wildman–Crippen MR) is 184 cm³/mol. The van der Waals surface area contributed by atoms with Gasteiger partial charge in [0.25, 0.3) is 0 Å². The number of fused-ring (bicyclic) bond motifs is 5. The zero-order chi connectivity index (χ0) is 33.1. The molecule has 48 heavy (non-hydrogen) atoms. The standard InChI is InChI=1S/C39H46N4O5/c1-47-22-9-18-40-35(44)26-29-24-32(38(46)42-19-6-3-7-20-42)39(17-15-27-10-4-2-5-11-27)36-31(16-21-43(39)37(29)45)30-14-13-28(25-33(30)41-36)34-12-8-23-48-34/h2,4-5,8,10-14,23,25,29,32,41H,3,6-7,9,15-22,24,26H2,1H3,(H,40,44)/t29-,32-,39+/m1/s1. The Morgan fingerprint density at radius 1 is 1.04 bits per heavy atom. The second-order valence-corrected chi connectivity index (χ2v) is 13.6.